The predicted molar refractivity (Wildman–Crippen MR) is 108 cm³/mol. The number of carbonyl (C=O) groups excluding carboxylic acids is 1. The summed E-state index contributed by atoms with van der Waals surface area (Å²) in [6, 6.07) is 14.9. The summed E-state index contributed by atoms with van der Waals surface area (Å²) in [6.45, 7) is 3.74. The summed E-state index contributed by atoms with van der Waals surface area (Å²) in [5, 5.41) is 6.45. The van der Waals surface area contributed by atoms with Crippen molar-refractivity contribution in [1.82, 2.24) is 9.46 Å². The molecular formula is C21H21N3O4S. The number of sulfonamides is 1. The fourth-order valence-corrected chi connectivity index (χ4v) is 5.02. The van der Waals surface area contributed by atoms with Crippen molar-refractivity contribution in [1.29, 1.82) is 0 Å². The molecule has 0 fully saturated rings. The van der Waals surface area contributed by atoms with Crippen LogP contribution in [0.15, 0.2) is 64.0 Å². The first-order valence-corrected chi connectivity index (χ1v) is 10.7. The Bertz CT molecular complexity index is 1150. The fourth-order valence-electron chi connectivity index (χ4n) is 3.46. The Balaban J connectivity index is 1.71. The van der Waals surface area contributed by atoms with Gasteiger partial charge in [0.05, 0.1) is 4.90 Å². The van der Waals surface area contributed by atoms with Gasteiger partial charge in [-0.3, -0.25) is 4.79 Å². The summed E-state index contributed by atoms with van der Waals surface area (Å²) in [5.74, 6) is 0.376. The lowest BCUT2D eigenvalue weighted by Gasteiger charge is -2.34. The predicted octanol–water partition coefficient (Wildman–Crippen LogP) is 3.05. The number of aromatic nitrogens is 1. The first-order valence-electron chi connectivity index (χ1n) is 9.24. The Morgan fingerprint density at radius 2 is 1.79 bits per heavy atom. The molecule has 7 nitrogen and oxygen atoms in total. The summed E-state index contributed by atoms with van der Waals surface area (Å²) in [4.78, 5) is 13.2. The van der Waals surface area contributed by atoms with Crippen molar-refractivity contribution >= 4 is 21.7 Å². The zero-order valence-electron chi connectivity index (χ0n) is 16.1. The molecule has 1 amide bonds. The molecule has 1 atom stereocenters. The van der Waals surface area contributed by atoms with Crippen molar-refractivity contribution in [2.45, 2.75) is 37.8 Å². The van der Waals surface area contributed by atoms with Gasteiger partial charge in [0.2, 0.25) is 15.9 Å². The highest BCUT2D eigenvalue weighted by atomic mass is 32.2. The van der Waals surface area contributed by atoms with Crippen LogP contribution in [-0.2, 0) is 27.8 Å². The van der Waals surface area contributed by atoms with Gasteiger partial charge in [-0.1, -0.05) is 47.1 Å². The molecule has 0 radical (unpaired) electrons. The lowest BCUT2D eigenvalue weighted by atomic mass is 9.95. The molecule has 0 bridgehead atoms. The number of fused-ring (bicyclic) bond motifs is 1. The molecule has 29 heavy (non-hydrogen) atoms. The van der Waals surface area contributed by atoms with Crippen LogP contribution in [0.5, 0.6) is 0 Å². The number of carbonyl (C=O) groups is 1. The van der Waals surface area contributed by atoms with Crippen LogP contribution in [0.3, 0.4) is 0 Å². The second-order valence-electron chi connectivity index (χ2n) is 7.16. The number of rotatable bonds is 4. The number of amides is 1. The minimum absolute atomic E-state index is 0.127. The Morgan fingerprint density at radius 1 is 1.10 bits per heavy atom. The fraction of sp³-hybridized carbons (Fsp3) is 0.238. The topological polar surface area (TPSA) is 92.5 Å². The van der Waals surface area contributed by atoms with Gasteiger partial charge < -0.3 is 9.84 Å². The van der Waals surface area contributed by atoms with Crippen molar-refractivity contribution in [2.75, 3.05) is 5.32 Å². The van der Waals surface area contributed by atoms with Crippen LogP contribution in [0.1, 0.15) is 22.5 Å². The van der Waals surface area contributed by atoms with Crippen LogP contribution in [0.4, 0.5) is 5.82 Å². The molecule has 1 aromatic heterocycles. The monoisotopic (exact) mass is 411 g/mol. The van der Waals surface area contributed by atoms with Crippen LogP contribution in [-0.4, -0.2) is 29.8 Å². The number of hydrogen-bond donors (Lipinski definition) is 1. The largest absolute Gasteiger partial charge is 0.360 e. The third kappa shape index (κ3) is 3.81. The van der Waals surface area contributed by atoms with E-state index in [2.05, 4.69) is 10.5 Å². The first kappa shape index (κ1) is 19.4. The average molecular weight is 411 g/mol. The van der Waals surface area contributed by atoms with Crippen molar-refractivity contribution < 1.29 is 17.7 Å². The Kier molecular flexibility index (Phi) is 4.97. The summed E-state index contributed by atoms with van der Waals surface area (Å²) >= 11 is 0. The molecule has 2 aromatic carbocycles. The summed E-state index contributed by atoms with van der Waals surface area (Å²) in [5.41, 5.74) is 2.81. The molecule has 0 spiro atoms. The second-order valence-corrected chi connectivity index (χ2v) is 9.05. The molecule has 0 aliphatic carbocycles. The zero-order valence-corrected chi connectivity index (χ0v) is 16.9. The smallest absolute Gasteiger partial charge is 0.244 e. The normalized spacial score (nSPS) is 17.0. The maximum absolute atomic E-state index is 13.4. The maximum atomic E-state index is 13.4. The van der Waals surface area contributed by atoms with Crippen molar-refractivity contribution in [3.8, 4) is 0 Å². The van der Waals surface area contributed by atoms with Gasteiger partial charge in [0.15, 0.2) is 5.82 Å². The Labute approximate surface area is 169 Å². The van der Waals surface area contributed by atoms with Crippen molar-refractivity contribution in [3.63, 3.8) is 0 Å². The molecule has 0 saturated heterocycles. The van der Waals surface area contributed by atoms with E-state index in [1.807, 2.05) is 31.2 Å². The van der Waals surface area contributed by atoms with Crippen molar-refractivity contribution in [2.24, 2.45) is 0 Å². The van der Waals surface area contributed by atoms with Gasteiger partial charge in [-0.15, -0.1) is 0 Å². The van der Waals surface area contributed by atoms with E-state index in [9.17, 15) is 13.2 Å². The van der Waals surface area contributed by atoms with E-state index in [0.717, 1.165) is 16.7 Å². The van der Waals surface area contributed by atoms with Crippen LogP contribution in [0, 0.1) is 13.8 Å². The number of benzene rings is 2. The number of nitrogens with zero attached hydrogens (tertiary/aromatic N) is 2. The molecule has 1 aliphatic heterocycles. The van der Waals surface area contributed by atoms with Crippen molar-refractivity contribution in [3.05, 3.63) is 77.0 Å². The van der Waals surface area contributed by atoms with E-state index in [4.69, 9.17) is 4.52 Å². The number of anilines is 1. The Hall–Kier alpha value is -2.97. The van der Waals surface area contributed by atoms with Gasteiger partial charge in [0.25, 0.3) is 0 Å². The maximum Gasteiger partial charge on any atom is 0.244 e. The molecule has 1 aliphatic rings. The molecule has 150 valence electrons. The van der Waals surface area contributed by atoms with Gasteiger partial charge in [0, 0.05) is 12.6 Å². The summed E-state index contributed by atoms with van der Waals surface area (Å²) in [7, 11) is -3.87. The molecule has 0 saturated carbocycles. The van der Waals surface area contributed by atoms with E-state index < -0.39 is 22.0 Å². The highest BCUT2D eigenvalue weighted by Crippen LogP contribution is 2.30. The molecule has 4 rings (SSSR count). The molecule has 3 aromatic rings. The highest BCUT2D eigenvalue weighted by Gasteiger charge is 2.39. The zero-order chi connectivity index (χ0) is 20.6. The number of aryl methyl sites for hydroxylation is 2. The quantitative estimate of drug-likeness (QED) is 0.712. The third-order valence-electron chi connectivity index (χ3n) is 5.01. The molecule has 1 N–H and O–H groups in total. The van der Waals surface area contributed by atoms with E-state index in [1.165, 1.54) is 4.31 Å². The standard InChI is InChI=1S/C21H21N3O4S/c1-14-7-9-18(10-8-14)29(26,27)24-13-17-6-4-3-5-16(17)12-19(24)21(25)22-20-11-15(2)28-23-20/h3-11,19H,12-13H2,1-2H3,(H,22,23,25)/t19-/m0/s1. The second kappa shape index (κ2) is 7.46. The lowest BCUT2D eigenvalue weighted by Crippen LogP contribution is -2.50. The first-order chi connectivity index (χ1) is 13.8. The van der Waals surface area contributed by atoms with Gasteiger partial charge in [0.1, 0.15) is 11.8 Å². The van der Waals surface area contributed by atoms with Crippen LogP contribution < -0.4 is 5.32 Å². The molecule has 2 heterocycles. The third-order valence-corrected chi connectivity index (χ3v) is 6.88. The average Bonchev–Trinajstić information content (AvgIpc) is 3.11. The minimum atomic E-state index is -3.87. The van der Waals surface area contributed by atoms with Gasteiger partial charge in [-0.25, -0.2) is 8.42 Å². The van der Waals surface area contributed by atoms with E-state index in [1.54, 1.807) is 37.3 Å². The van der Waals surface area contributed by atoms with Crippen LogP contribution in [0.2, 0.25) is 0 Å². The minimum Gasteiger partial charge on any atom is -0.360 e. The molecule has 0 unspecified atom stereocenters. The molecular weight excluding hydrogens is 390 g/mol. The van der Waals surface area contributed by atoms with Crippen LogP contribution >= 0.6 is 0 Å². The van der Waals surface area contributed by atoms with Crippen LogP contribution in [0.25, 0.3) is 0 Å². The Morgan fingerprint density at radius 3 is 2.45 bits per heavy atom. The van der Waals surface area contributed by atoms with Gasteiger partial charge in [-0.2, -0.15) is 4.31 Å². The summed E-state index contributed by atoms with van der Waals surface area (Å²) < 4.78 is 33.0. The summed E-state index contributed by atoms with van der Waals surface area (Å²) in [6.07, 6.45) is 0.282. The SMILES string of the molecule is Cc1ccc(S(=O)(=O)N2Cc3ccccc3C[C@H]2C(=O)Nc2cc(C)on2)cc1. The van der Waals surface area contributed by atoms with E-state index >= 15 is 0 Å². The van der Waals surface area contributed by atoms with E-state index in [-0.39, 0.29) is 23.7 Å². The van der Waals surface area contributed by atoms with Gasteiger partial charge in [-0.05, 0) is 43.5 Å². The lowest BCUT2D eigenvalue weighted by molar-refractivity contribution is -0.120. The number of nitrogens with one attached hydrogen (secondary N) is 1. The highest BCUT2D eigenvalue weighted by molar-refractivity contribution is 7.89. The number of hydrogen-bond acceptors (Lipinski definition) is 5. The van der Waals surface area contributed by atoms with E-state index in [0.29, 0.717) is 5.76 Å². The van der Waals surface area contributed by atoms with Gasteiger partial charge >= 0.3 is 0 Å². The molecule has 8 heteroatoms.